The molecule has 2 rings (SSSR count). The molecular weight excluding hydrogens is 276 g/mol. The van der Waals surface area contributed by atoms with Crippen LogP contribution in [0.1, 0.15) is 44.0 Å². The van der Waals surface area contributed by atoms with Gasteiger partial charge in [0, 0.05) is 17.5 Å². The van der Waals surface area contributed by atoms with Gasteiger partial charge in [-0.1, -0.05) is 18.5 Å². The zero-order valence-corrected chi connectivity index (χ0v) is 13.0. The van der Waals surface area contributed by atoms with Crippen LogP contribution in [0.3, 0.4) is 0 Å². The molecule has 1 unspecified atom stereocenters. The van der Waals surface area contributed by atoms with Crippen molar-refractivity contribution < 1.29 is 14.3 Å². The van der Waals surface area contributed by atoms with E-state index in [2.05, 4.69) is 0 Å². The van der Waals surface area contributed by atoms with Gasteiger partial charge in [0.15, 0.2) is 17.3 Å². The highest BCUT2D eigenvalue weighted by Gasteiger charge is 2.34. The maximum Gasteiger partial charge on any atom is 0.167 e. The quantitative estimate of drug-likeness (QED) is 0.701. The highest BCUT2D eigenvalue weighted by atomic mass is 35.5. The van der Waals surface area contributed by atoms with E-state index in [-0.39, 0.29) is 11.7 Å². The van der Waals surface area contributed by atoms with Gasteiger partial charge in [0.25, 0.3) is 0 Å². The van der Waals surface area contributed by atoms with Gasteiger partial charge in [-0.05, 0) is 38.7 Å². The maximum absolute atomic E-state index is 12.5. The van der Waals surface area contributed by atoms with E-state index in [0.717, 1.165) is 12.8 Å². The molecule has 0 radical (unpaired) electrons. The summed E-state index contributed by atoms with van der Waals surface area (Å²) < 4.78 is 11.1. The molecule has 1 saturated carbocycles. The smallest absolute Gasteiger partial charge is 0.167 e. The minimum atomic E-state index is 0.0277. The zero-order chi connectivity index (χ0) is 14.7. The van der Waals surface area contributed by atoms with Crippen molar-refractivity contribution in [3.63, 3.8) is 0 Å². The Balaban J connectivity index is 2.32. The first-order chi connectivity index (χ1) is 9.58. The van der Waals surface area contributed by atoms with Gasteiger partial charge >= 0.3 is 0 Å². The molecule has 0 amide bonds. The standard InChI is InChI=1S/C16H21ClO3/c1-4-19-14-8-12(13(17)9-15(14)20-5-2)16(18)10(3)11-6-7-11/h8-11H,4-7H2,1-3H3. The van der Waals surface area contributed by atoms with Crippen LogP contribution < -0.4 is 9.47 Å². The average molecular weight is 297 g/mol. The second-order valence-electron chi connectivity index (χ2n) is 5.14. The molecule has 0 bridgehead atoms. The number of rotatable bonds is 7. The second-order valence-corrected chi connectivity index (χ2v) is 5.54. The summed E-state index contributed by atoms with van der Waals surface area (Å²) in [6, 6.07) is 3.40. The minimum absolute atomic E-state index is 0.0277. The first kappa shape index (κ1) is 15.2. The summed E-state index contributed by atoms with van der Waals surface area (Å²) in [5, 5.41) is 0.439. The molecule has 0 N–H and O–H groups in total. The summed E-state index contributed by atoms with van der Waals surface area (Å²) in [6.07, 6.45) is 2.28. The molecule has 110 valence electrons. The van der Waals surface area contributed by atoms with Crippen LogP contribution in [0, 0.1) is 11.8 Å². The topological polar surface area (TPSA) is 35.5 Å². The van der Waals surface area contributed by atoms with Gasteiger partial charge < -0.3 is 9.47 Å². The molecule has 1 fully saturated rings. The van der Waals surface area contributed by atoms with E-state index in [1.807, 2.05) is 20.8 Å². The van der Waals surface area contributed by atoms with Gasteiger partial charge in [-0.25, -0.2) is 0 Å². The van der Waals surface area contributed by atoms with Crippen LogP contribution in [0.2, 0.25) is 5.02 Å². The molecule has 1 aliphatic rings. The summed E-state index contributed by atoms with van der Waals surface area (Å²) in [6.45, 7) is 6.83. The fourth-order valence-corrected chi connectivity index (χ4v) is 2.56. The molecule has 1 aliphatic carbocycles. The molecule has 3 nitrogen and oxygen atoms in total. The molecule has 0 aromatic heterocycles. The van der Waals surface area contributed by atoms with Crippen LogP contribution in [-0.4, -0.2) is 19.0 Å². The molecule has 20 heavy (non-hydrogen) atoms. The van der Waals surface area contributed by atoms with Crippen molar-refractivity contribution in [2.45, 2.75) is 33.6 Å². The first-order valence-corrected chi connectivity index (χ1v) is 7.59. The molecule has 1 aromatic carbocycles. The van der Waals surface area contributed by atoms with Gasteiger partial charge in [0.1, 0.15) is 0 Å². The number of halogens is 1. The summed E-state index contributed by atoms with van der Waals surface area (Å²) >= 11 is 6.24. The summed E-state index contributed by atoms with van der Waals surface area (Å²) in [5.74, 6) is 1.82. The number of hydrogen-bond donors (Lipinski definition) is 0. The Hall–Kier alpha value is -1.22. The Bertz CT molecular complexity index is 495. The van der Waals surface area contributed by atoms with E-state index < -0.39 is 0 Å². The third-order valence-electron chi connectivity index (χ3n) is 3.64. The van der Waals surface area contributed by atoms with Crippen molar-refractivity contribution in [2.24, 2.45) is 11.8 Å². The molecule has 1 aromatic rings. The van der Waals surface area contributed by atoms with Gasteiger partial charge in [-0.2, -0.15) is 0 Å². The number of ketones is 1. The van der Waals surface area contributed by atoms with Gasteiger partial charge in [0.2, 0.25) is 0 Å². The van der Waals surface area contributed by atoms with E-state index in [0.29, 0.717) is 41.2 Å². The van der Waals surface area contributed by atoms with Crippen molar-refractivity contribution >= 4 is 17.4 Å². The molecular formula is C16H21ClO3. The summed E-state index contributed by atoms with van der Waals surface area (Å²) in [5.41, 5.74) is 0.540. The molecule has 4 heteroatoms. The summed E-state index contributed by atoms with van der Waals surface area (Å²) in [7, 11) is 0. The van der Waals surface area contributed by atoms with Crippen LogP contribution in [0.4, 0.5) is 0 Å². The monoisotopic (exact) mass is 296 g/mol. The van der Waals surface area contributed by atoms with Crippen LogP contribution in [0.15, 0.2) is 12.1 Å². The average Bonchev–Trinajstić information content (AvgIpc) is 3.25. The lowest BCUT2D eigenvalue weighted by Crippen LogP contribution is -2.14. The van der Waals surface area contributed by atoms with E-state index in [1.165, 1.54) is 0 Å². The largest absolute Gasteiger partial charge is 0.490 e. The van der Waals surface area contributed by atoms with Crippen molar-refractivity contribution in [1.82, 2.24) is 0 Å². The molecule has 0 spiro atoms. The lowest BCUT2D eigenvalue weighted by Gasteiger charge is -2.15. The lowest BCUT2D eigenvalue weighted by atomic mass is 9.95. The highest BCUT2D eigenvalue weighted by molar-refractivity contribution is 6.34. The second kappa shape index (κ2) is 6.49. The SMILES string of the molecule is CCOc1cc(Cl)c(C(=O)C(C)C2CC2)cc1OCC. The molecule has 1 atom stereocenters. The number of hydrogen-bond acceptors (Lipinski definition) is 3. The Morgan fingerprint density at radius 3 is 2.30 bits per heavy atom. The van der Waals surface area contributed by atoms with Gasteiger partial charge in [-0.3, -0.25) is 4.79 Å². The molecule has 0 aliphatic heterocycles. The molecule has 0 heterocycles. The van der Waals surface area contributed by atoms with Gasteiger partial charge in [0.05, 0.1) is 18.2 Å². The lowest BCUT2D eigenvalue weighted by molar-refractivity contribution is 0.0916. The van der Waals surface area contributed by atoms with Crippen molar-refractivity contribution in [3.05, 3.63) is 22.7 Å². The predicted octanol–water partition coefficient (Wildman–Crippen LogP) is 4.37. The normalized spacial score (nSPS) is 15.8. The number of Topliss-reactive ketones (excluding diaryl/α,β-unsaturated/α-hetero) is 1. The Labute approximate surface area is 125 Å². The zero-order valence-electron chi connectivity index (χ0n) is 12.2. The maximum atomic E-state index is 12.5. The third-order valence-corrected chi connectivity index (χ3v) is 3.95. The van der Waals surface area contributed by atoms with E-state index in [4.69, 9.17) is 21.1 Å². The Kier molecular flexibility index (Phi) is 4.92. The number of benzene rings is 1. The van der Waals surface area contributed by atoms with E-state index in [1.54, 1.807) is 12.1 Å². The third kappa shape index (κ3) is 3.26. The van der Waals surface area contributed by atoms with E-state index in [9.17, 15) is 4.79 Å². The first-order valence-electron chi connectivity index (χ1n) is 7.21. The number of carbonyl (C=O) groups excluding carboxylic acids is 1. The fourth-order valence-electron chi connectivity index (χ4n) is 2.32. The fraction of sp³-hybridized carbons (Fsp3) is 0.562. The van der Waals surface area contributed by atoms with E-state index >= 15 is 0 Å². The highest BCUT2D eigenvalue weighted by Crippen LogP contribution is 2.40. The van der Waals surface area contributed by atoms with Crippen LogP contribution >= 0.6 is 11.6 Å². The summed E-state index contributed by atoms with van der Waals surface area (Å²) in [4.78, 5) is 12.5. The van der Waals surface area contributed by atoms with Crippen LogP contribution in [0.25, 0.3) is 0 Å². The van der Waals surface area contributed by atoms with Crippen LogP contribution in [-0.2, 0) is 0 Å². The number of carbonyl (C=O) groups is 1. The van der Waals surface area contributed by atoms with Crippen molar-refractivity contribution in [3.8, 4) is 11.5 Å². The van der Waals surface area contributed by atoms with Crippen molar-refractivity contribution in [2.75, 3.05) is 13.2 Å². The van der Waals surface area contributed by atoms with Crippen LogP contribution in [0.5, 0.6) is 11.5 Å². The minimum Gasteiger partial charge on any atom is -0.490 e. The number of ether oxygens (including phenoxy) is 2. The Morgan fingerprint density at radius 1 is 1.25 bits per heavy atom. The van der Waals surface area contributed by atoms with Crippen molar-refractivity contribution in [1.29, 1.82) is 0 Å². The van der Waals surface area contributed by atoms with Gasteiger partial charge in [-0.15, -0.1) is 0 Å². The predicted molar refractivity (Wildman–Crippen MR) is 80.0 cm³/mol. The molecule has 0 saturated heterocycles. The Morgan fingerprint density at radius 2 is 1.80 bits per heavy atom.